The summed E-state index contributed by atoms with van der Waals surface area (Å²) in [7, 11) is 0. The van der Waals surface area contributed by atoms with Crippen molar-refractivity contribution in [2.45, 2.75) is 25.2 Å². The van der Waals surface area contributed by atoms with Crippen LogP contribution in [-0.2, 0) is 16.0 Å². The Labute approximate surface area is 163 Å². The van der Waals surface area contributed by atoms with Gasteiger partial charge < -0.3 is 9.80 Å². The number of nitrogens with zero attached hydrogens (tertiary/aromatic N) is 3. The molecule has 2 aliphatic rings. The monoisotopic (exact) mass is 374 g/mol. The predicted octanol–water partition coefficient (Wildman–Crippen LogP) is 2.86. The molecule has 1 unspecified atom stereocenters. The fraction of sp³-hybridized carbons (Fsp3) is 0.318. The van der Waals surface area contributed by atoms with Crippen molar-refractivity contribution >= 4 is 28.4 Å². The summed E-state index contributed by atoms with van der Waals surface area (Å²) < 4.78 is 0. The maximum absolute atomic E-state index is 12.8. The first-order chi connectivity index (χ1) is 13.7. The van der Waals surface area contributed by atoms with E-state index < -0.39 is 0 Å². The number of hydrogen-bond donors (Lipinski definition) is 1. The van der Waals surface area contributed by atoms with Gasteiger partial charge in [0.1, 0.15) is 6.54 Å². The lowest BCUT2D eigenvalue weighted by atomic mass is 9.97. The second-order valence-corrected chi connectivity index (χ2v) is 7.64. The smallest absolute Gasteiger partial charge is 0.246 e. The second-order valence-electron chi connectivity index (χ2n) is 7.64. The molecule has 2 aromatic carbocycles. The number of piperazine rings is 1. The van der Waals surface area contributed by atoms with Gasteiger partial charge in [-0.2, -0.15) is 5.10 Å². The molecule has 5 rings (SSSR count). The molecule has 28 heavy (non-hydrogen) atoms. The van der Waals surface area contributed by atoms with E-state index in [0.29, 0.717) is 19.5 Å². The van der Waals surface area contributed by atoms with E-state index >= 15 is 0 Å². The van der Waals surface area contributed by atoms with Gasteiger partial charge in [0.25, 0.3) is 0 Å². The van der Waals surface area contributed by atoms with Crippen molar-refractivity contribution in [2.24, 2.45) is 0 Å². The molecule has 142 valence electrons. The first kappa shape index (κ1) is 17.0. The maximum atomic E-state index is 12.8. The van der Waals surface area contributed by atoms with Crippen molar-refractivity contribution in [3.05, 3.63) is 59.8 Å². The molecule has 1 saturated heterocycles. The van der Waals surface area contributed by atoms with Crippen LogP contribution in [0.5, 0.6) is 0 Å². The molecule has 3 aromatic rings. The Kier molecular flexibility index (Phi) is 4.11. The molecule has 1 N–H and O–H groups in total. The van der Waals surface area contributed by atoms with Crippen LogP contribution in [0.15, 0.2) is 48.7 Å². The first-order valence-corrected chi connectivity index (χ1v) is 9.78. The van der Waals surface area contributed by atoms with E-state index in [4.69, 9.17) is 0 Å². The minimum absolute atomic E-state index is 0.0368. The summed E-state index contributed by atoms with van der Waals surface area (Å²) in [6, 6.07) is 14.2. The Morgan fingerprint density at radius 3 is 2.96 bits per heavy atom. The minimum Gasteiger partial charge on any atom is -0.332 e. The molecule has 1 aliphatic carbocycles. The Hall–Kier alpha value is -3.15. The Morgan fingerprint density at radius 1 is 1.18 bits per heavy atom. The number of fused-ring (bicyclic) bond motifs is 2. The summed E-state index contributed by atoms with van der Waals surface area (Å²) in [5, 5.41) is 7.98. The van der Waals surface area contributed by atoms with Crippen molar-refractivity contribution in [1.82, 2.24) is 15.1 Å². The zero-order chi connectivity index (χ0) is 19.1. The zero-order valence-corrected chi connectivity index (χ0v) is 15.6. The SMILES string of the molecule is O=C(CC1CCc2ccccc21)N1CCN(c2ccc3cn[nH]c3c2)C(=O)C1. The van der Waals surface area contributed by atoms with E-state index in [2.05, 4.69) is 28.4 Å². The maximum Gasteiger partial charge on any atom is 0.246 e. The fourth-order valence-electron chi connectivity index (χ4n) is 4.45. The molecule has 2 heterocycles. The molecule has 1 atom stereocenters. The molecule has 6 heteroatoms. The third kappa shape index (κ3) is 2.95. The number of H-pyrrole nitrogens is 1. The van der Waals surface area contributed by atoms with Gasteiger partial charge in [-0.25, -0.2) is 0 Å². The molecule has 1 fully saturated rings. The molecule has 0 bridgehead atoms. The van der Waals surface area contributed by atoms with E-state index in [1.807, 2.05) is 24.3 Å². The normalized spacial score (nSPS) is 19.3. The highest BCUT2D eigenvalue weighted by Gasteiger charge is 2.31. The van der Waals surface area contributed by atoms with Gasteiger partial charge in [0.2, 0.25) is 11.8 Å². The van der Waals surface area contributed by atoms with Gasteiger partial charge in [-0.3, -0.25) is 14.7 Å². The van der Waals surface area contributed by atoms with Crippen LogP contribution in [-0.4, -0.2) is 46.5 Å². The average molecular weight is 374 g/mol. The van der Waals surface area contributed by atoms with Crippen molar-refractivity contribution < 1.29 is 9.59 Å². The number of hydrogen-bond acceptors (Lipinski definition) is 3. The molecule has 1 aliphatic heterocycles. The lowest BCUT2D eigenvalue weighted by Crippen LogP contribution is -2.52. The fourth-order valence-corrected chi connectivity index (χ4v) is 4.45. The lowest BCUT2D eigenvalue weighted by Gasteiger charge is -2.35. The van der Waals surface area contributed by atoms with Crippen molar-refractivity contribution in [1.29, 1.82) is 0 Å². The van der Waals surface area contributed by atoms with E-state index in [1.165, 1.54) is 11.1 Å². The van der Waals surface area contributed by atoms with Gasteiger partial charge in [-0.05, 0) is 48.1 Å². The zero-order valence-electron chi connectivity index (χ0n) is 15.6. The highest BCUT2D eigenvalue weighted by atomic mass is 16.2. The summed E-state index contributed by atoms with van der Waals surface area (Å²) in [4.78, 5) is 29.0. The average Bonchev–Trinajstić information content (AvgIpc) is 3.34. The number of rotatable bonds is 3. The number of benzene rings is 2. The Bertz CT molecular complexity index is 1060. The highest BCUT2D eigenvalue weighted by Crippen LogP contribution is 2.35. The topological polar surface area (TPSA) is 69.3 Å². The second kappa shape index (κ2) is 6.78. The largest absolute Gasteiger partial charge is 0.332 e. The van der Waals surface area contributed by atoms with Crippen LogP contribution in [0.4, 0.5) is 5.69 Å². The van der Waals surface area contributed by atoms with E-state index in [0.717, 1.165) is 29.4 Å². The van der Waals surface area contributed by atoms with Gasteiger partial charge in [0.15, 0.2) is 0 Å². The summed E-state index contributed by atoms with van der Waals surface area (Å²) >= 11 is 0. The molecule has 2 amide bonds. The van der Waals surface area contributed by atoms with Crippen LogP contribution in [0, 0.1) is 0 Å². The van der Waals surface area contributed by atoms with Gasteiger partial charge >= 0.3 is 0 Å². The van der Waals surface area contributed by atoms with E-state index in [1.54, 1.807) is 16.0 Å². The third-order valence-electron chi connectivity index (χ3n) is 5.99. The van der Waals surface area contributed by atoms with Gasteiger partial charge in [0.05, 0.1) is 11.7 Å². The summed E-state index contributed by atoms with van der Waals surface area (Å²) in [6.45, 7) is 1.24. The number of nitrogens with one attached hydrogen (secondary N) is 1. The molecular formula is C22H22N4O2. The minimum atomic E-state index is -0.0368. The summed E-state index contributed by atoms with van der Waals surface area (Å²) in [6.07, 6.45) is 4.31. The van der Waals surface area contributed by atoms with Crippen molar-refractivity contribution in [3.8, 4) is 0 Å². The van der Waals surface area contributed by atoms with Gasteiger partial charge in [-0.15, -0.1) is 0 Å². The number of amides is 2. The van der Waals surface area contributed by atoms with Crippen LogP contribution in [0.25, 0.3) is 10.9 Å². The first-order valence-electron chi connectivity index (χ1n) is 9.78. The molecule has 0 radical (unpaired) electrons. The number of aromatic amines is 1. The Morgan fingerprint density at radius 2 is 2.07 bits per heavy atom. The lowest BCUT2D eigenvalue weighted by molar-refractivity contribution is -0.137. The van der Waals surface area contributed by atoms with Crippen LogP contribution in [0.3, 0.4) is 0 Å². The number of anilines is 1. The summed E-state index contributed by atoms with van der Waals surface area (Å²) in [5.74, 6) is 0.323. The van der Waals surface area contributed by atoms with Crippen molar-refractivity contribution in [2.75, 3.05) is 24.5 Å². The van der Waals surface area contributed by atoms with E-state index in [9.17, 15) is 9.59 Å². The van der Waals surface area contributed by atoms with Crippen LogP contribution in [0.2, 0.25) is 0 Å². The highest BCUT2D eigenvalue weighted by molar-refractivity contribution is 5.99. The number of carbonyl (C=O) groups excluding carboxylic acids is 2. The van der Waals surface area contributed by atoms with Gasteiger partial charge in [-0.1, -0.05) is 24.3 Å². The van der Waals surface area contributed by atoms with Crippen molar-refractivity contribution in [3.63, 3.8) is 0 Å². The van der Waals surface area contributed by atoms with Crippen LogP contribution >= 0.6 is 0 Å². The molecule has 1 aromatic heterocycles. The van der Waals surface area contributed by atoms with Crippen LogP contribution in [0.1, 0.15) is 29.9 Å². The van der Waals surface area contributed by atoms with Crippen LogP contribution < -0.4 is 4.90 Å². The third-order valence-corrected chi connectivity index (χ3v) is 5.99. The predicted molar refractivity (Wildman–Crippen MR) is 107 cm³/mol. The number of aromatic nitrogens is 2. The standard InChI is InChI=1S/C22H22N4O2/c27-21(11-16-6-5-15-3-1-2-4-19(15)16)25-9-10-26(22(28)14-25)18-8-7-17-13-23-24-20(17)12-18/h1-4,7-8,12-13,16H,5-6,9-11,14H2,(H,23,24). The Balaban J connectivity index is 1.25. The number of aryl methyl sites for hydroxylation is 1. The van der Waals surface area contributed by atoms with E-state index in [-0.39, 0.29) is 24.3 Å². The van der Waals surface area contributed by atoms with Gasteiger partial charge in [0, 0.05) is 30.6 Å². The molecular weight excluding hydrogens is 352 g/mol. The summed E-state index contributed by atoms with van der Waals surface area (Å²) in [5.41, 5.74) is 4.41. The quantitative estimate of drug-likeness (QED) is 0.766. The molecule has 6 nitrogen and oxygen atoms in total. The molecule has 0 spiro atoms. The number of carbonyl (C=O) groups is 2. The molecule has 0 saturated carbocycles.